The molecule has 1 aromatic carbocycles. The Morgan fingerprint density at radius 2 is 2.23 bits per heavy atom. The van der Waals surface area contributed by atoms with Crippen molar-refractivity contribution in [3.8, 4) is 0 Å². The van der Waals surface area contributed by atoms with Crippen LogP contribution in [0.2, 0.25) is 0 Å². The second kappa shape index (κ2) is 7.65. The van der Waals surface area contributed by atoms with Crippen LogP contribution in [-0.2, 0) is 14.3 Å². The van der Waals surface area contributed by atoms with E-state index in [1.54, 1.807) is 13.8 Å². The molecule has 3 atom stereocenters. The van der Waals surface area contributed by atoms with Gasteiger partial charge < -0.3 is 14.8 Å². The van der Waals surface area contributed by atoms with Crippen molar-refractivity contribution < 1.29 is 23.0 Å². The molecule has 6 heteroatoms. The van der Waals surface area contributed by atoms with E-state index in [0.29, 0.717) is 6.61 Å². The fourth-order valence-corrected chi connectivity index (χ4v) is 2.36. The molecule has 0 bridgehead atoms. The minimum Gasteiger partial charge on any atom is -0.376 e. The van der Waals surface area contributed by atoms with Crippen LogP contribution in [0.4, 0.5) is 8.78 Å². The summed E-state index contributed by atoms with van der Waals surface area (Å²) < 4.78 is 37.7. The smallest absolute Gasteiger partial charge is 0.249 e. The zero-order valence-corrected chi connectivity index (χ0v) is 12.8. The molecule has 0 unspecified atom stereocenters. The first-order chi connectivity index (χ1) is 10.5. The topological polar surface area (TPSA) is 47.6 Å². The molecule has 1 aliphatic heterocycles. The summed E-state index contributed by atoms with van der Waals surface area (Å²) in [5, 5.41) is 2.63. The molecule has 0 radical (unpaired) electrons. The summed E-state index contributed by atoms with van der Waals surface area (Å²) in [5.41, 5.74) is 0.111. The Morgan fingerprint density at radius 3 is 2.91 bits per heavy atom. The minimum absolute atomic E-state index is 0.0355. The molecule has 122 valence electrons. The van der Waals surface area contributed by atoms with E-state index in [9.17, 15) is 13.6 Å². The summed E-state index contributed by atoms with van der Waals surface area (Å²) in [5.74, 6) is -1.46. The van der Waals surface area contributed by atoms with E-state index in [0.717, 1.165) is 37.6 Å². The van der Waals surface area contributed by atoms with Gasteiger partial charge in [0.2, 0.25) is 5.91 Å². The monoisotopic (exact) mass is 313 g/mol. The van der Waals surface area contributed by atoms with Gasteiger partial charge in [0, 0.05) is 12.2 Å². The lowest BCUT2D eigenvalue weighted by molar-refractivity contribution is -0.134. The van der Waals surface area contributed by atoms with Gasteiger partial charge in [-0.1, -0.05) is 0 Å². The van der Waals surface area contributed by atoms with Gasteiger partial charge in [-0.3, -0.25) is 4.79 Å². The third-order valence-corrected chi connectivity index (χ3v) is 3.71. The molecule has 22 heavy (non-hydrogen) atoms. The third kappa shape index (κ3) is 4.48. The highest BCUT2D eigenvalue weighted by Gasteiger charge is 2.22. The molecule has 0 aromatic heterocycles. The van der Waals surface area contributed by atoms with Crippen LogP contribution in [0, 0.1) is 11.6 Å². The van der Waals surface area contributed by atoms with Crippen LogP contribution in [-0.4, -0.2) is 31.3 Å². The predicted octanol–water partition coefficient (Wildman–Crippen LogP) is 2.73. The lowest BCUT2D eigenvalue weighted by Crippen LogP contribution is -2.37. The van der Waals surface area contributed by atoms with E-state index >= 15 is 0 Å². The molecule has 4 nitrogen and oxygen atoms in total. The van der Waals surface area contributed by atoms with Crippen LogP contribution in [0.3, 0.4) is 0 Å². The molecule has 0 saturated carbocycles. The average molecular weight is 313 g/mol. The van der Waals surface area contributed by atoms with Crippen LogP contribution in [0.5, 0.6) is 0 Å². The Hall–Kier alpha value is -1.53. The zero-order chi connectivity index (χ0) is 16.1. The summed E-state index contributed by atoms with van der Waals surface area (Å²) in [6.07, 6.45) is 1.29. The first kappa shape index (κ1) is 16.8. The summed E-state index contributed by atoms with van der Waals surface area (Å²) in [7, 11) is 0. The van der Waals surface area contributed by atoms with Crippen LogP contribution in [0.25, 0.3) is 0 Å². The van der Waals surface area contributed by atoms with Gasteiger partial charge in [-0.15, -0.1) is 0 Å². The fraction of sp³-hybridized carbons (Fsp3) is 0.562. The van der Waals surface area contributed by atoms with Gasteiger partial charge in [-0.05, 0) is 44.9 Å². The van der Waals surface area contributed by atoms with Crippen molar-refractivity contribution in [1.82, 2.24) is 5.32 Å². The highest BCUT2D eigenvalue weighted by Crippen LogP contribution is 2.18. The number of nitrogens with one attached hydrogen (secondary N) is 1. The molecule has 1 saturated heterocycles. The largest absolute Gasteiger partial charge is 0.376 e. The predicted molar refractivity (Wildman–Crippen MR) is 77.3 cm³/mol. The van der Waals surface area contributed by atoms with Gasteiger partial charge in [0.25, 0.3) is 0 Å². The summed E-state index contributed by atoms with van der Waals surface area (Å²) >= 11 is 0. The molecule has 0 spiro atoms. The second-order valence-electron chi connectivity index (χ2n) is 5.51. The van der Waals surface area contributed by atoms with Crippen molar-refractivity contribution in [2.24, 2.45) is 0 Å². The van der Waals surface area contributed by atoms with Crippen LogP contribution in [0.1, 0.15) is 38.3 Å². The van der Waals surface area contributed by atoms with Crippen molar-refractivity contribution in [1.29, 1.82) is 0 Å². The van der Waals surface area contributed by atoms with Gasteiger partial charge in [-0.2, -0.15) is 0 Å². The molecule has 1 fully saturated rings. The lowest BCUT2D eigenvalue weighted by Gasteiger charge is -2.20. The van der Waals surface area contributed by atoms with Gasteiger partial charge >= 0.3 is 0 Å². The number of halogens is 2. The number of rotatable bonds is 6. The molecule has 1 aliphatic rings. The summed E-state index contributed by atoms with van der Waals surface area (Å²) in [6, 6.07) is 2.53. The Morgan fingerprint density at radius 1 is 1.45 bits per heavy atom. The van der Waals surface area contributed by atoms with Gasteiger partial charge in [0.15, 0.2) is 0 Å². The number of hydrogen-bond donors (Lipinski definition) is 1. The fourth-order valence-electron chi connectivity index (χ4n) is 2.36. The molecule has 1 N–H and O–H groups in total. The second-order valence-corrected chi connectivity index (χ2v) is 5.51. The first-order valence-corrected chi connectivity index (χ1v) is 7.46. The van der Waals surface area contributed by atoms with Crippen molar-refractivity contribution >= 4 is 5.91 Å². The van der Waals surface area contributed by atoms with E-state index in [1.807, 2.05) is 0 Å². The maximum Gasteiger partial charge on any atom is 0.249 e. The van der Waals surface area contributed by atoms with Gasteiger partial charge in [0.05, 0.1) is 18.8 Å². The number of benzene rings is 1. The quantitative estimate of drug-likeness (QED) is 0.878. The number of amides is 1. The van der Waals surface area contributed by atoms with E-state index in [1.165, 1.54) is 0 Å². The molecule has 1 amide bonds. The van der Waals surface area contributed by atoms with Crippen molar-refractivity contribution in [2.45, 2.75) is 44.9 Å². The van der Waals surface area contributed by atoms with Crippen LogP contribution < -0.4 is 5.32 Å². The SMILES string of the molecule is C[C@H](OC[C@H]1CCCO1)C(=O)N[C@@H](C)c1cc(F)ccc1F. The zero-order valence-electron chi connectivity index (χ0n) is 12.8. The van der Waals surface area contributed by atoms with Gasteiger partial charge in [-0.25, -0.2) is 8.78 Å². The Bertz CT molecular complexity index is 518. The minimum atomic E-state index is -0.678. The molecule has 0 aliphatic carbocycles. The van der Waals surface area contributed by atoms with Crippen LogP contribution in [0.15, 0.2) is 18.2 Å². The number of carbonyl (C=O) groups excluding carboxylic acids is 1. The van der Waals surface area contributed by atoms with E-state index < -0.39 is 23.8 Å². The molecular weight excluding hydrogens is 292 g/mol. The van der Waals surface area contributed by atoms with Crippen molar-refractivity contribution in [3.05, 3.63) is 35.4 Å². The molecule has 2 rings (SSSR count). The van der Waals surface area contributed by atoms with Crippen molar-refractivity contribution in [2.75, 3.05) is 13.2 Å². The van der Waals surface area contributed by atoms with Crippen LogP contribution >= 0.6 is 0 Å². The summed E-state index contributed by atoms with van der Waals surface area (Å²) in [6.45, 7) is 4.31. The highest BCUT2D eigenvalue weighted by atomic mass is 19.1. The third-order valence-electron chi connectivity index (χ3n) is 3.71. The van der Waals surface area contributed by atoms with E-state index in [4.69, 9.17) is 9.47 Å². The first-order valence-electron chi connectivity index (χ1n) is 7.46. The average Bonchev–Trinajstić information content (AvgIpc) is 3.00. The molecular formula is C16H21F2NO3. The highest BCUT2D eigenvalue weighted by molar-refractivity contribution is 5.80. The lowest BCUT2D eigenvalue weighted by atomic mass is 10.1. The maximum atomic E-state index is 13.7. The Labute approximate surface area is 128 Å². The van der Waals surface area contributed by atoms with E-state index in [2.05, 4.69) is 5.32 Å². The Balaban J connectivity index is 1.85. The number of carbonyl (C=O) groups is 1. The molecule has 1 heterocycles. The van der Waals surface area contributed by atoms with E-state index in [-0.39, 0.29) is 17.6 Å². The standard InChI is InChI=1S/C16H21F2NO3/c1-10(14-8-12(17)5-6-15(14)18)19-16(20)11(2)22-9-13-4-3-7-21-13/h5-6,8,10-11,13H,3-4,7,9H2,1-2H3,(H,19,20)/t10-,11-,13+/m0/s1. The normalized spacial score (nSPS) is 20.6. The van der Waals surface area contributed by atoms with Crippen molar-refractivity contribution in [3.63, 3.8) is 0 Å². The number of ether oxygens (including phenoxy) is 2. The maximum absolute atomic E-state index is 13.7. The number of hydrogen-bond acceptors (Lipinski definition) is 3. The Kier molecular flexibility index (Phi) is 5.85. The molecule has 1 aromatic rings. The van der Waals surface area contributed by atoms with Gasteiger partial charge in [0.1, 0.15) is 17.7 Å². The summed E-state index contributed by atoms with van der Waals surface area (Å²) in [4.78, 5) is 12.0.